The van der Waals surface area contributed by atoms with Crippen LogP contribution in [0.5, 0.6) is 5.75 Å². The molecule has 2 rings (SSSR count). The predicted octanol–water partition coefficient (Wildman–Crippen LogP) is 2.87. The van der Waals surface area contributed by atoms with Crippen molar-refractivity contribution in [2.24, 2.45) is 11.7 Å². The fourth-order valence-corrected chi connectivity index (χ4v) is 2.06. The van der Waals surface area contributed by atoms with E-state index in [1.54, 1.807) is 0 Å². The van der Waals surface area contributed by atoms with E-state index in [-0.39, 0.29) is 18.6 Å². The van der Waals surface area contributed by atoms with Crippen molar-refractivity contribution < 1.29 is 9.84 Å². The zero-order chi connectivity index (χ0) is 13.8. The van der Waals surface area contributed by atoms with Crippen molar-refractivity contribution in [2.75, 3.05) is 13.2 Å². The molecule has 0 aliphatic rings. The molecule has 0 aliphatic carbocycles. The number of hydrogen-bond acceptors (Lipinski definition) is 3. The average Bonchev–Trinajstić information content (AvgIpc) is 2.43. The Kier molecular flexibility index (Phi) is 4.40. The standard InChI is InChI=1S/C16H21NO2/c1-11(9-18)10-19-16-14(12(2)17)8-7-13-5-3-4-6-15(13)16/h3-8,11-12,18H,9-10,17H2,1-2H3. The van der Waals surface area contributed by atoms with Crippen LogP contribution in [0.2, 0.25) is 0 Å². The number of benzene rings is 2. The molecule has 19 heavy (non-hydrogen) atoms. The number of aliphatic hydroxyl groups excluding tert-OH is 1. The van der Waals surface area contributed by atoms with Gasteiger partial charge in [-0.3, -0.25) is 0 Å². The molecule has 2 unspecified atom stereocenters. The van der Waals surface area contributed by atoms with Crippen molar-refractivity contribution in [1.82, 2.24) is 0 Å². The van der Waals surface area contributed by atoms with Gasteiger partial charge in [-0.1, -0.05) is 43.3 Å². The number of hydrogen-bond donors (Lipinski definition) is 2. The molecular weight excluding hydrogens is 238 g/mol. The first-order valence-corrected chi connectivity index (χ1v) is 6.64. The van der Waals surface area contributed by atoms with Crippen LogP contribution < -0.4 is 10.5 Å². The lowest BCUT2D eigenvalue weighted by molar-refractivity contribution is 0.174. The number of aliphatic hydroxyl groups is 1. The lowest BCUT2D eigenvalue weighted by Gasteiger charge is -2.18. The first-order chi connectivity index (χ1) is 9.13. The third-order valence-electron chi connectivity index (χ3n) is 3.22. The molecule has 2 aromatic rings. The second kappa shape index (κ2) is 6.04. The van der Waals surface area contributed by atoms with Crippen molar-refractivity contribution in [1.29, 1.82) is 0 Å². The van der Waals surface area contributed by atoms with E-state index in [1.807, 2.05) is 38.1 Å². The van der Waals surface area contributed by atoms with E-state index in [4.69, 9.17) is 15.6 Å². The molecule has 0 fully saturated rings. The van der Waals surface area contributed by atoms with Crippen LogP contribution in [0.1, 0.15) is 25.5 Å². The average molecular weight is 259 g/mol. The minimum absolute atomic E-state index is 0.0796. The molecule has 0 radical (unpaired) electrons. The summed E-state index contributed by atoms with van der Waals surface area (Å²) in [6, 6.07) is 12.1. The molecule has 2 atom stereocenters. The molecule has 0 aliphatic heterocycles. The van der Waals surface area contributed by atoms with Crippen LogP contribution in [0.25, 0.3) is 10.8 Å². The first kappa shape index (κ1) is 13.8. The molecule has 3 N–H and O–H groups in total. The summed E-state index contributed by atoms with van der Waals surface area (Å²) in [5, 5.41) is 11.3. The molecule has 0 amide bonds. The number of rotatable bonds is 5. The molecule has 0 bridgehead atoms. The maximum absolute atomic E-state index is 9.10. The number of nitrogens with two attached hydrogens (primary N) is 1. The van der Waals surface area contributed by atoms with Crippen molar-refractivity contribution >= 4 is 10.8 Å². The van der Waals surface area contributed by atoms with Crippen LogP contribution in [-0.2, 0) is 0 Å². The van der Waals surface area contributed by atoms with E-state index < -0.39 is 0 Å². The van der Waals surface area contributed by atoms with Crippen molar-refractivity contribution in [3.8, 4) is 5.75 Å². The topological polar surface area (TPSA) is 55.5 Å². The fourth-order valence-electron chi connectivity index (χ4n) is 2.06. The molecule has 3 heteroatoms. The van der Waals surface area contributed by atoms with E-state index in [2.05, 4.69) is 12.1 Å². The summed E-state index contributed by atoms with van der Waals surface area (Å²) in [5.74, 6) is 0.952. The van der Waals surface area contributed by atoms with E-state index in [9.17, 15) is 0 Å². The van der Waals surface area contributed by atoms with Gasteiger partial charge in [-0.2, -0.15) is 0 Å². The maximum Gasteiger partial charge on any atom is 0.131 e. The summed E-state index contributed by atoms with van der Waals surface area (Å²) < 4.78 is 5.92. The number of fused-ring (bicyclic) bond motifs is 1. The molecule has 0 heterocycles. The van der Waals surface area contributed by atoms with Gasteiger partial charge in [-0.25, -0.2) is 0 Å². The van der Waals surface area contributed by atoms with Crippen molar-refractivity contribution in [2.45, 2.75) is 19.9 Å². The Morgan fingerprint density at radius 3 is 2.58 bits per heavy atom. The van der Waals surface area contributed by atoms with Crippen LogP contribution >= 0.6 is 0 Å². The Hall–Kier alpha value is -1.58. The Bertz CT molecular complexity index is 551. The van der Waals surface area contributed by atoms with E-state index in [0.29, 0.717) is 6.61 Å². The highest BCUT2D eigenvalue weighted by atomic mass is 16.5. The first-order valence-electron chi connectivity index (χ1n) is 6.64. The van der Waals surface area contributed by atoms with Gasteiger partial charge >= 0.3 is 0 Å². The molecule has 0 aromatic heterocycles. The Balaban J connectivity index is 2.43. The summed E-state index contributed by atoms with van der Waals surface area (Å²) in [6.07, 6.45) is 0. The Morgan fingerprint density at radius 2 is 1.89 bits per heavy atom. The van der Waals surface area contributed by atoms with E-state index in [1.165, 1.54) is 0 Å². The van der Waals surface area contributed by atoms with Crippen LogP contribution in [0, 0.1) is 5.92 Å². The van der Waals surface area contributed by atoms with Crippen molar-refractivity contribution in [3.05, 3.63) is 42.0 Å². The van der Waals surface area contributed by atoms with Gasteiger partial charge < -0.3 is 15.6 Å². The largest absolute Gasteiger partial charge is 0.492 e. The van der Waals surface area contributed by atoms with Crippen LogP contribution in [-0.4, -0.2) is 18.3 Å². The van der Waals surface area contributed by atoms with Gasteiger partial charge in [0.15, 0.2) is 0 Å². The van der Waals surface area contributed by atoms with E-state index in [0.717, 1.165) is 22.1 Å². The highest BCUT2D eigenvalue weighted by Gasteiger charge is 2.13. The second-order valence-corrected chi connectivity index (χ2v) is 5.09. The van der Waals surface area contributed by atoms with Gasteiger partial charge in [0.2, 0.25) is 0 Å². The fraction of sp³-hybridized carbons (Fsp3) is 0.375. The zero-order valence-corrected chi connectivity index (χ0v) is 11.5. The lowest BCUT2D eigenvalue weighted by atomic mass is 10.0. The van der Waals surface area contributed by atoms with Crippen LogP contribution in [0.4, 0.5) is 0 Å². The lowest BCUT2D eigenvalue weighted by Crippen LogP contribution is -2.15. The van der Waals surface area contributed by atoms with Crippen molar-refractivity contribution in [3.63, 3.8) is 0 Å². The molecular formula is C16H21NO2. The smallest absolute Gasteiger partial charge is 0.131 e. The molecule has 2 aromatic carbocycles. The normalized spacial score (nSPS) is 14.3. The minimum atomic E-state index is -0.0796. The van der Waals surface area contributed by atoms with Gasteiger partial charge in [-0.15, -0.1) is 0 Å². The monoisotopic (exact) mass is 259 g/mol. The Labute approximate surface area is 114 Å². The summed E-state index contributed by atoms with van der Waals surface area (Å²) in [6.45, 7) is 4.52. The summed E-state index contributed by atoms with van der Waals surface area (Å²) in [5.41, 5.74) is 7.02. The third-order valence-corrected chi connectivity index (χ3v) is 3.22. The van der Waals surface area contributed by atoms with E-state index >= 15 is 0 Å². The van der Waals surface area contributed by atoms with Gasteiger partial charge in [-0.05, 0) is 12.3 Å². The van der Waals surface area contributed by atoms with Crippen LogP contribution in [0.3, 0.4) is 0 Å². The van der Waals surface area contributed by atoms with Crippen LogP contribution in [0.15, 0.2) is 36.4 Å². The highest BCUT2D eigenvalue weighted by Crippen LogP contribution is 2.33. The summed E-state index contributed by atoms with van der Waals surface area (Å²) in [7, 11) is 0. The van der Waals surface area contributed by atoms with Gasteiger partial charge in [0.1, 0.15) is 5.75 Å². The van der Waals surface area contributed by atoms with Gasteiger partial charge in [0.05, 0.1) is 6.61 Å². The summed E-state index contributed by atoms with van der Waals surface area (Å²) >= 11 is 0. The SMILES string of the molecule is CC(CO)COc1c(C(C)N)ccc2ccccc12. The zero-order valence-electron chi connectivity index (χ0n) is 11.5. The minimum Gasteiger partial charge on any atom is -0.492 e. The predicted molar refractivity (Wildman–Crippen MR) is 78.3 cm³/mol. The molecule has 0 saturated heterocycles. The molecule has 102 valence electrons. The quantitative estimate of drug-likeness (QED) is 0.868. The van der Waals surface area contributed by atoms with Gasteiger partial charge in [0.25, 0.3) is 0 Å². The highest BCUT2D eigenvalue weighted by molar-refractivity contribution is 5.89. The Morgan fingerprint density at radius 1 is 1.16 bits per heavy atom. The molecule has 0 spiro atoms. The summed E-state index contributed by atoms with van der Waals surface area (Å²) in [4.78, 5) is 0. The van der Waals surface area contributed by atoms with Gasteiger partial charge in [0, 0.05) is 29.5 Å². The maximum atomic E-state index is 9.10. The molecule has 3 nitrogen and oxygen atoms in total. The number of ether oxygens (including phenoxy) is 1. The second-order valence-electron chi connectivity index (χ2n) is 5.09. The third kappa shape index (κ3) is 3.06. The molecule has 0 saturated carbocycles.